The monoisotopic (exact) mass is 222 g/mol. The van der Waals surface area contributed by atoms with Crippen LogP contribution in [0.4, 0.5) is 0 Å². The Hall–Kier alpha value is -1.43. The van der Waals surface area contributed by atoms with Gasteiger partial charge in [-0.15, -0.1) is 0 Å². The van der Waals surface area contributed by atoms with Crippen molar-refractivity contribution in [2.75, 3.05) is 13.7 Å². The van der Waals surface area contributed by atoms with Crippen molar-refractivity contribution in [1.29, 1.82) is 0 Å². The van der Waals surface area contributed by atoms with Gasteiger partial charge in [0, 0.05) is 7.11 Å². The molecule has 2 aromatic rings. The molecular weight excluding hydrogens is 208 g/mol. The molecule has 0 bridgehead atoms. The van der Waals surface area contributed by atoms with Gasteiger partial charge in [0.1, 0.15) is 11.6 Å². The van der Waals surface area contributed by atoms with E-state index in [1.807, 2.05) is 18.2 Å². The van der Waals surface area contributed by atoms with E-state index < -0.39 is 12.1 Å². The van der Waals surface area contributed by atoms with E-state index in [-0.39, 0.29) is 12.5 Å². The molecule has 3 N–H and O–H groups in total. The van der Waals surface area contributed by atoms with E-state index >= 15 is 0 Å². The number of fused-ring (bicyclic) bond motifs is 1. The number of oxazole rings is 1. The van der Waals surface area contributed by atoms with Crippen molar-refractivity contribution in [3.8, 4) is 0 Å². The molecule has 2 atom stereocenters. The Morgan fingerprint density at radius 1 is 1.50 bits per heavy atom. The first kappa shape index (κ1) is 11.1. The number of ether oxygens (including phenoxy) is 1. The number of hydrogen-bond acceptors (Lipinski definition) is 5. The van der Waals surface area contributed by atoms with Crippen molar-refractivity contribution < 1.29 is 14.3 Å². The zero-order valence-electron chi connectivity index (χ0n) is 8.96. The third-order valence-electron chi connectivity index (χ3n) is 2.33. The van der Waals surface area contributed by atoms with Crippen LogP contribution in [0.3, 0.4) is 0 Å². The number of hydrogen-bond donors (Lipinski definition) is 2. The van der Waals surface area contributed by atoms with Gasteiger partial charge in [-0.25, -0.2) is 4.98 Å². The van der Waals surface area contributed by atoms with Crippen molar-refractivity contribution in [2.24, 2.45) is 5.73 Å². The van der Waals surface area contributed by atoms with E-state index in [0.717, 1.165) is 0 Å². The summed E-state index contributed by atoms with van der Waals surface area (Å²) >= 11 is 0. The molecule has 5 nitrogen and oxygen atoms in total. The second-order valence-electron chi connectivity index (χ2n) is 3.58. The molecule has 1 aromatic heterocycles. The quantitative estimate of drug-likeness (QED) is 0.800. The fraction of sp³-hybridized carbons (Fsp3) is 0.364. The number of nitrogens with two attached hydrogens (primary N) is 1. The lowest BCUT2D eigenvalue weighted by molar-refractivity contribution is 0.0702. The molecule has 5 heteroatoms. The summed E-state index contributed by atoms with van der Waals surface area (Å²) in [5.74, 6) is 0.228. The normalized spacial score (nSPS) is 15.2. The van der Waals surface area contributed by atoms with Crippen LogP contribution in [0.15, 0.2) is 28.7 Å². The summed E-state index contributed by atoms with van der Waals surface area (Å²) in [5.41, 5.74) is 7.06. The van der Waals surface area contributed by atoms with Gasteiger partial charge in [0.15, 0.2) is 5.58 Å². The van der Waals surface area contributed by atoms with Crippen molar-refractivity contribution in [3.05, 3.63) is 30.2 Å². The molecule has 16 heavy (non-hydrogen) atoms. The van der Waals surface area contributed by atoms with Gasteiger partial charge in [0.05, 0.1) is 12.6 Å². The van der Waals surface area contributed by atoms with Crippen LogP contribution < -0.4 is 5.73 Å². The summed E-state index contributed by atoms with van der Waals surface area (Å²) in [4.78, 5) is 4.16. The largest absolute Gasteiger partial charge is 0.438 e. The molecular formula is C11H14N2O3. The average molecular weight is 222 g/mol. The number of methoxy groups -OCH3 is 1. The Balaban J connectivity index is 2.26. The molecule has 2 rings (SSSR count). The highest BCUT2D eigenvalue weighted by molar-refractivity contribution is 5.72. The maximum Gasteiger partial charge on any atom is 0.226 e. The third kappa shape index (κ3) is 2.06. The zero-order chi connectivity index (χ0) is 11.5. The van der Waals surface area contributed by atoms with E-state index in [1.54, 1.807) is 6.07 Å². The average Bonchev–Trinajstić information content (AvgIpc) is 2.71. The first-order valence-corrected chi connectivity index (χ1v) is 5.00. The molecule has 0 aliphatic carbocycles. The SMILES string of the molecule is COCC(N)[C@H](O)c1nc2ccccc2o1. The molecule has 0 saturated heterocycles. The number of nitrogens with zero attached hydrogens (tertiary/aromatic N) is 1. The summed E-state index contributed by atoms with van der Waals surface area (Å²) in [5, 5.41) is 9.86. The molecule has 1 aromatic carbocycles. The van der Waals surface area contributed by atoms with Gasteiger partial charge in [-0.1, -0.05) is 12.1 Å². The molecule has 0 amide bonds. The first-order valence-electron chi connectivity index (χ1n) is 5.00. The molecule has 1 unspecified atom stereocenters. The minimum atomic E-state index is -0.952. The van der Waals surface area contributed by atoms with Crippen molar-refractivity contribution in [1.82, 2.24) is 4.98 Å². The van der Waals surface area contributed by atoms with Crippen LogP contribution >= 0.6 is 0 Å². The van der Waals surface area contributed by atoms with Crippen molar-refractivity contribution in [2.45, 2.75) is 12.1 Å². The van der Waals surface area contributed by atoms with E-state index in [4.69, 9.17) is 14.9 Å². The molecule has 0 aliphatic rings. The Bertz CT molecular complexity index is 436. The van der Waals surface area contributed by atoms with Gasteiger partial charge < -0.3 is 20.0 Å². The molecule has 0 aliphatic heterocycles. The van der Waals surface area contributed by atoms with Gasteiger partial charge in [0.2, 0.25) is 5.89 Å². The Kier molecular flexibility index (Phi) is 3.19. The third-order valence-corrected chi connectivity index (χ3v) is 2.33. The first-order chi connectivity index (χ1) is 7.72. The van der Waals surface area contributed by atoms with E-state index in [2.05, 4.69) is 4.98 Å². The van der Waals surface area contributed by atoms with Crippen LogP contribution in [0.25, 0.3) is 11.1 Å². The lowest BCUT2D eigenvalue weighted by Gasteiger charge is -2.14. The van der Waals surface area contributed by atoms with Crippen LogP contribution in [0, 0.1) is 0 Å². The number of aliphatic hydroxyl groups excluding tert-OH is 1. The van der Waals surface area contributed by atoms with Gasteiger partial charge in [-0.3, -0.25) is 0 Å². The summed E-state index contributed by atoms with van der Waals surface area (Å²) < 4.78 is 10.3. The van der Waals surface area contributed by atoms with Crippen molar-refractivity contribution in [3.63, 3.8) is 0 Å². The zero-order valence-corrected chi connectivity index (χ0v) is 8.96. The number of aliphatic hydroxyl groups is 1. The van der Waals surface area contributed by atoms with Gasteiger partial charge in [0.25, 0.3) is 0 Å². The van der Waals surface area contributed by atoms with Crippen LogP contribution in [-0.4, -0.2) is 29.8 Å². The lowest BCUT2D eigenvalue weighted by Crippen LogP contribution is -2.32. The van der Waals surface area contributed by atoms with Crippen LogP contribution in [-0.2, 0) is 4.74 Å². The predicted octanol–water partition coefficient (Wildman–Crippen LogP) is 0.835. The molecule has 0 spiro atoms. The van der Waals surface area contributed by atoms with Crippen LogP contribution in [0.5, 0.6) is 0 Å². The highest BCUT2D eigenvalue weighted by Crippen LogP contribution is 2.21. The van der Waals surface area contributed by atoms with Gasteiger partial charge >= 0.3 is 0 Å². The summed E-state index contributed by atoms with van der Waals surface area (Å²) in [6, 6.07) is 6.77. The maximum absolute atomic E-state index is 9.86. The maximum atomic E-state index is 9.86. The minimum absolute atomic E-state index is 0.228. The second kappa shape index (κ2) is 4.61. The fourth-order valence-corrected chi connectivity index (χ4v) is 1.48. The number of benzene rings is 1. The van der Waals surface area contributed by atoms with Crippen LogP contribution in [0.2, 0.25) is 0 Å². The smallest absolute Gasteiger partial charge is 0.226 e. The van der Waals surface area contributed by atoms with Crippen molar-refractivity contribution >= 4 is 11.1 Å². The van der Waals surface area contributed by atoms with Gasteiger partial charge in [-0.2, -0.15) is 0 Å². The second-order valence-corrected chi connectivity index (χ2v) is 3.58. The molecule has 0 fully saturated rings. The molecule has 1 heterocycles. The van der Waals surface area contributed by atoms with E-state index in [9.17, 15) is 5.11 Å². The highest BCUT2D eigenvalue weighted by Gasteiger charge is 2.22. The topological polar surface area (TPSA) is 81.5 Å². The van der Waals surface area contributed by atoms with E-state index in [0.29, 0.717) is 11.1 Å². The standard InChI is InChI=1S/C11H14N2O3/c1-15-6-7(12)10(14)11-13-8-4-2-3-5-9(8)16-11/h2-5,7,10,14H,6,12H2,1H3/t7?,10-/m0/s1. The summed E-state index contributed by atoms with van der Waals surface area (Å²) in [6.07, 6.45) is -0.952. The highest BCUT2D eigenvalue weighted by atomic mass is 16.5. The summed E-state index contributed by atoms with van der Waals surface area (Å²) in [7, 11) is 1.53. The molecule has 86 valence electrons. The molecule has 0 saturated carbocycles. The number of aromatic nitrogens is 1. The fourth-order valence-electron chi connectivity index (χ4n) is 1.48. The van der Waals surface area contributed by atoms with Gasteiger partial charge in [-0.05, 0) is 12.1 Å². The lowest BCUT2D eigenvalue weighted by atomic mass is 10.2. The Morgan fingerprint density at radius 3 is 2.94 bits per heavy atom. The molecule has 0 radical (unpaired) electrons. The Morgan fingerprint density at radius 2 is 2.25 bits per heavy atom. The number of para-hydroxylation sites is 2. The minimum Gasteiger partial charge on any atom is -0.438 e. The predicted molar refractivity (Wildman–Crippen MR) is 58.8 cm³/mol. The summed E-state index contributed by atoms with van der Waals surface area (Å²) in [6.45, 7) is 0.250. The Labute approximate surface area is 92.8 Å². The van der Waals surface area contributed by atoms with E-state index in [1.165, 1.54) is 7.11 Å². The van der Waals surface area contributed by atoms with Crippen LogP contribution in [0.1, 0.15) is 12.0 Å². The number of rotatable bonds is 4.